The Morgan fingerprint density at radius 3 is 3.17 bits per heavy atom. The second kappa shape index (κ2) is 8.26. The standard InChI is InChI=1S/C18H26N4O2/c1-2-8-19-18(23)14-6-7-17(20-10-14)21-11-16-12-22-9-4-3-5-15(22)13-24-16/h2,6-7,10,15-16H,1,3-5,8-9,11-13H2,(H,19,23)(H,20,21)/t15-,16-/m0/s1. The lowest BCUT2D eigenvalue weighted by atomic mass is 10.0. The molecule has 2 N–H and O–H groups in total. The van der Waals surface area contributed by atoms with Crippen LogP contribution >= 0.6 is 0 Å². The molecule has 3 heterocycles. The summed E-state index contributed by atoms with van der Waals surface area (Å²) in [5.41, 5.74) is 0.549. The molecule has 2 atom stereocenters. The fourth-order valence-corrected chi connectivity index (χ4v) is 3.29. The zero-order valence-electron chi connectivity index (χ0n) is 14.0. The zero-order valence-corrected chi connectivity index (χ0v) is 14.0. The summed E-state index contributed by atoms with van der Waals surface area (Å²) in [7, 11) is 0. The minimum absolute atomic E-state index is 0.138. The van der Waals surface area contributed by atoms with Crippen LogP contribution in [0.3, 0.4) is 0 Å². The molecule has 0 radical (unpaired) electrons. The number of ether oxygens (including phenoxy) is 1. The van der Waals surface area contributed by atoms with Gasteiger partial charge >= 0.3 is 0 Å². The highest BCUT2D eigenvalue weighted by Gasteiger charge is 2.30. The Morgan fingerprint density at radius 2 is 2.38 bits per heavy atom. The second-order valence-electron chi connectivity index (χ2n) is 6.41. The molecule has 6 nitrogen and oxygen atoms in total. The van der Waals surface area contributed by atoms with Gasteiger partial charge in [-0.25, -0.2) is 4.98 Å². The molecule has 0 unspecified atom stereocenters. The first kappa shape index (κ1) is 16.9. The number of pyridine rings is 1. The summed E-state index contributed by atoms with van der Waals surface area (Å²) >= 11 is 0. The number of anilines is 1. The van der Waals surface area contributed by atoms with Gasteiger partial charge in [-0.2, -0.15) is 0 Å². The summed E-state index contributed by atoms with van der Waals surface area (Å²) in [5, 5.41) is 6.04. The highest BCUT2D eigenvalue weighted by atomic mass is 16.5. The Labute approximate surface area is 143 Å². The lowest BCUT2D eigenvalue weighted by Crippen LogP contribution is -2.53. The molecule has 130 valence electrons. The number of carbonyl (C=O) groups excluding carboxylic acids is 1. The number of nitrogens with zero attached hydrogens (tertiary/aromatic N) is 2. The average molecular weight is 330 g/mol. The fourth-order valence-electron chi connectivity index (χ4n) is 3.29. The Balaban J connectivity index is 1.46. The summed E-state index contributed by atoms with van der Waals surface area (Å²) in [6, 6.07) is 4.22. The van der Waals surface area contributed by atoms with Crippen LogP contribution in [0.2, 0.25) is 0 Å². The molecule has 2 aliphatic rings. The maximum Gasteiger partial charge on any atom is 0.253 e. The van der Waals surface area contributed by atoms with Crippen LogP contribution in [0.5, 0.6) is 0 Å². The molecule has 6 heteroatoms. The van der Waals surface area contributed by atoms with E-state index in [0.717, 1.165) is 25.5 Å². The molecule has 0 saturated carbocycles. The van der Waals surface area contributed by atoms with Crippen LogP contribution in [0, 0.1) is 0 Å². The van der Waals surface area contributed by atoms with E-state index in [2.05, 4.69) is 27.1 Å². The fraction of sp³-hybridized carbons (Fsp3) is 0.556. The molecule has 1 aromatic rings. The number of piperidine rings is 1. The van der Waals surface area contributed by atoms with E-state index in [4.69, 9.17) is 4.74 Å². The van der Waals surface area contributed by atoms with Gasteiger partial charge in [-0.1, -0.05) is 12.5 Å². The molecule has 1 amide bonds. The molecule has 0 spiro atoms. The molecule has 1 aromatic heterocycles. The lowest BCUT2D eigenvalue weighted by Gasteiger charge is -2.42. The van der Waals surface area contributed by atoms with E-state index in [1.54, 1.807) is 18.3 Å². The molecule has 2 saturated heterocycles. The zero-order chi connectivity index (χ0) is 16.8. The van der Waals surface area contributed by atoms with Crippen LogP contribution in [-0.2, 0) is 4.74 Å². The predicted octanol–water partition coefficient (Wildman–Crippen LogP) is 1.66. The van der Waals surface area contributed by atoms with Crippen molar-refractivity contribution in [2.75, 3.05) is 38.1 Å². The SMILES string of the molecule is C=CCNC(=O)c1ccc(NC[C@H]2CN3CCCC[C@H]3CO2)nc1. The van der Waals surface area contributed by atoms with Crippen molar-refractivity contribution < 1.29 is 9.53 Å². The van der Waals surface area contributed by atoms with Crippen LogP contribution in [0.4, 0.5) is 5.82 Å². The molecule has 0 bridgehead atoms. The van der Waals surface area contributed by atoms with Crippen LogP contribution in [-0.4, -0.2) is 60.7 Å². The Morgan fingerprint density at radius 1 is 1.46 bits per heavy atom. The van der Waals surface area contributed by atoms with E-state index in [1.807, 2.05) is 6.07 Å². The van der Waals surface area contributed by atoms with E-state index in [9.17, 15) is 4.79 Å². The minimum atomic E-state index is -0.138. The van der Waals surface area contributed by atoms with Crippen LogP contribution in [0.15, 0.2) is 31.0 Å². The van der Waals surface area contributed by atoms with Crippen molar-refractivity contribution in [3.8, 4) is 0 Å². The van der Waals surface area contributed by atoms with E-state index >= 15 is 0 Å². The van der Waals surface area contributed by atoms with Gasteiger partial charge in [-0.15, -0.1) is 6.58 Å². The number of carbonyl (C=O) groups is 1. The Bertz CT molecular complexity index is 561. The first-order valence-electron chi connectivity index (χ1n) is 8.71. The number of rotatable bonds is 6. The summed E-state index contributed by atoms with van der Waals surface area (Å²) < 4.78 is 5.97. The number of hydrogen-bond donors (Lipinski definition) is 2. The predicted molar refractivity (Wildman–Crippen MR) is 94.2 cm³/mol. The molecular weight excluding hydrogens is 304 g/mol. The third kappa shape index (κ3) is 4.33. The third-order valence-corrected chi connectivity index (χ3v) is 4.66. The quantitative estimate of drug-likeness (QED) is 0.777. The molecule has 0 aliphatic carbocycles. The van der Waals surface area contributed by atoms with Gasteiger partial charge < -0.3 is 15.4 Å². The summed E-state index contributed by atoms with van der Waals surface area (Å²) in [5.74, 6) is 0.625. The second-order valence-corrected chi connectivity index (χ2v) is 6.41. The topological polar surface area (TPSA) is 66.5 Å². The first-order chi connectivity index (χ1) is 11.8. The summed E-state index contributed by atoms with van der Waals surface area (Å²) in [6.07, 6.45) is 7.31. The van der Waals surface area contributed by atoms with Crippen molar-refractivity contribution in [2.24, 2.45) is 0 Å². The number of nitrogens with one attached hydrogen (secondary N) is 2. The van der Waals surface area contributed by atoms with Crippen LogP contribution < -0.4 is 10.6 Å². The maximum absolute atomic E-state index is 11.8. The first-order valence-corrected chi connectivity index (χ1v) is 8.71. The number of hydrogen-bond acceptors (Lipinski definition) is 5. The normalized spacial score (nSPS) is 24.0. The van der Waals surface area contributed by atoms with Crippen molar-refractivity contribution >= 4 is 11.7 Å². The highest BCUT2D eigenvalue weighted by molar-refractivity contribution is 5.94. The van der Waals surface area contributed by atoms with Gasteiger partial charge in [-0.3, -0.25) is 9.69 Å². The molecule has 2 fully saturated rings. The number of fused-ring (bicyclic) bond motifs is 1. The molecule has 24 heavy (non-hydrogen) atoms. The maximum atomic E-state index is 11.8. The number of morpholine rings is 1. The van der Waals surface area contributed by atoms with Crippen molar-refractivity contribution in [3.05, 3.63) is 36.5 Å². The van der Waals surface area contributed by atoms with Crippen molar-refractivity contribution in [1.82, 2.24) is 15.2 Å². The van der Waals surface area contributed by atoms with Crippen LogP contribution in [0.25, 0.3) is 0 Å². The summed E-state index contributed by atoms with van der Waals surface area (Å²) in [4.78, 5) is 18.7. The molecule has 2 aliphatic heterocycles. The van der Waals surface area contributed by atoms with Gasteiger partial charge in [0.1, 0.15) is 5.82 Å². The smallest absolute Gasteiger partial charge is 0.253 e. The van der Waals surface area contributed by atoms with E-state index < -0.39 is 0 Å². The van der Waals surface area contributed by atoms with Crippen molar-refractivity contribution in [3.63, 3.8) is 0 Å². The molecular formula is C18H26N4O2. The minimum Gasteiger partial charge on any atom is -0.373 e. The lowest BCUT2D eigenvalue weighted by molar-refractivity contribution is -0.0689. The summed E-state index contributed by atoms with van der Waals surface area (Å²) in [6.45, 7) is 7.78. The molecule has 0 aromatic carbocycles. The Hall–Kier alpha value is -1.92. The van der Waals surface area contributed by atoms with Crippen LogP contribution in [0.1, 0.15) is 29.6 Å². The largest absolute Gasteiger partial charge is 0.373 e. The Kier molecular flexibility index (Phi) is 5.82. The van der Waals surface area contributed by atoms with Gasteiger partial charge in [-0.05, 0) is 31.5 Å². The van der Waals surface area contributed by atoms with Gasteiger partial charge in [0.05, 0.1) is 18.3 Å². The van der Waals surface area contributed by atoms with Gasteiger partial charge in [0.15, 0.2) is 0 Å². The van der Waals surface area contributed by atoms with Gasteiger partial charge in [0.25, 0.3) is 5.91 Å². The van der Waals surface area contributed by atoms with Gasteiger partial charge in [0, 0.05) is 31.9 Å². The third-order valence-electron chi connectivity index (χ3n) is 4.66. The van der Waals surface area contributed by atoms with Crippen molar-refractivity contribution in [1.29, 1.82) is 0 Å². The number of amides is 1. The van der Waals surface area contributed by atoms with Crippen molar-refractivity contribution in [2.45, 2.75) is 31.4 Å². The number of aromatic nitrogens is 1. The van der Waals surface area contributed by atoms with E-state index in [0.29, 0.717) is 18.2 Å². The monoisotopic (exact) mass is 330 g/mol. The van der Waals surface area contributed by atoms with Gasteiger partial charge in [0.2, 0.25) is 0 Å². The van der Waals surface area contributed by atoms with E-state index in [-0.39, 0.29) is 12.0 Å². The molecule has 3 rings (SSSR count). The van der Waals surface area contributed by atoms with E-state index in [1.165, 1.54) is 25.8 Å². The average Bonchev–Trinajstić information content (AvgIpc) is 2.64. The highest BCUT2D eigenvalue weighted by Crippen LogP contribution is 2.22.